The summed E-state index contributed by atoms with van der Waals surface area (Å²) in [7, 11) is 0. The van der Waals surface area contributed by atoms with Crippen LogP contribution in [0, 0.1) is 11.8 Å². The zero-order valence-corrected chi connectivity index (χ0v) is 14.6. The molecule has 2 aliphatic rings. The summed E-state index contributed by atoms with van der Waals surface area (Å²) < 4.78 is 0. The van der Waals surface area contributed by atoms with Gasteiger partial charge in [-0.3, -0.25) is 9.59 Å². The normalized spacial score (nSPS) is 29.6. The van der Waals surface area contributed by atoms with Crippen molar-refractivity contribution >= 4 is 24.2 Å². The lowest BCUT2D eigenvalue weighted by Crippen LogP contribution is -2.53. The second kappa shape index (κ2) is 8.16. The maximum absolute atomic E-state index is 12.4. The molecule has 0 aromatic rings. The second-order valence-corrected chi connectivity index (χ2v) is 7.00. The van der Waals surface area contributed by atoms with Crippen LogP contribution in [0.3, 0.4) is 0 Å². The highest BCUT2D eigenvalue weighted by atomic mass is 35.5. The smallest absolute Gasteiger partial charge is 0.224 e. The minimum absolute atomic E-state index is 0. The average Bonchev–Trinajstić information content (AvgIpc) is 2.44. The van der Waals surface area contributed by atoms with E-state index in [4.69, 9.17) is 5.73 Å². The quantitative estimate of drug-likeness (QED) is 0.826. The highest BCUT2D eigenvalue weighted by Gasteiger charge is 2.37. The van der Waals surface area contributed by atoms with Crippen molar-refractivity contribution < 1.29 is 9.59 Å². The van der Waals surface area contributed by atoms with Gasteiger partial charge in [-0.05, 0) is 38.5 Å². The number of nitrogens with one attached hydrogen (secondary N) is 1. The van der Waals surface area contributed by atoms with Gasteiger partial charge in [0.1, 0.15) is 0 Å². The van der Waals surface area contributed by atoms with Gasteiger partial charge in [0.2, 0.25) is 11.8 Å². The number of nitrogens with zero attached hydrogens (tertiary/aromatic N) is 1. The molecule has 128 valence electrons. The summed E-state index contributed by atoms with van der Waals surface area (Å²) in [5, 5.41) is 3.10. The third-order valence-electron chi connectivity index (χ3n) is 5.20. The first-order chi connectivity index (χ1) is 9.90. The highest BCUT2D eigenvalue weighted by Crippen LogP contribution is 2.31. The summed E-state index contributed by atoms with van der Waals surface area (Å²) in [6.07, 6.45) is 6.01. The van der Waals surface area contributed by atoms with Gasteiger partial charge in [-0.15, -0.1) is 12.4 Å². The van der Waals surface area contributed by atoms with Crippen LogP contribution in [0.2, 0.25) is 0 Å². The van der Waals surface area contributed by atoms with Gasteiger partial charge >= 0.3 is 0 Å². The van der Waals surface area contributed by atoms with E-state index in [0.717, 1.165) is 58.2 Å². The van der Waals surface area contributed by atoms with Crippen molar-refractivity contribution in [2.45, 2.75) is 57.9 Å². The molecule has 5 nitrogen and oxygen atoms in total. The summed E-state index contributed by atoms with van der Waals surface area (Å²) in [5.74, 6) is 0.702. The Morgan fingerprint density at radius 2 is 1.86 bits per heavy atom. The number of piperidine rings is 1. The fraction of sp³-hybridized carbons (Fsp3) is 0.875. The Labute approximate surface area is 139 Å². The molecule has 0 spiro atoms. The molecule has 1 aliphatic heterocycles. The van der Waals surface area contributed by atoms with E-state index in [1.807, 2.05) is 11.8 Å². The van der Waals surface area contributed by atoms with Crippen LogP contribution in [0.4, 0.5) is 0 Å². The molecule has 1 aliphatic carbocycles. The number of carbonyl (C=O) groups excluding carboxylic acids is 2. The summed E-state index contributed by atoms with van der Waals surface area (Å²) in [6, 6.07) is 0. The Morgan fingerprint density at radius 1 is 1.23 bits per heavy atom. The Hall–Kier alpha value is -0.810. The standard InChI is InChI=1S/C16H29N3O2.ClH/c1-12(20)19-9-6-13(7-10-19)11-18-15(21)14-5-3-4-8-16(14,2)17;/h13-14H,3-11,17H2,1-2H3,(H,18,21);1H. The number of carbonyl (C=O) groups is 2. The number of likely N-dealkylation sites (tertiary alicyclic amines) is 1. The number of hydrogen-bond acceptors (Lipinski definition) is 3. The van der Waals surface area contributed by atoms with Crippen LogP contribution in [0.5, 0.6) is 0 Å². The van der Waals surface area contributed by atoms with Crippen LogP contribution < -0.4 is 11.1 Å². The van der Waals surface area contributed by atoms with E-state index >= 15 is 0 Å². The zero-order valence-electron chi connectivity index (χ0n) is 13.8. The molecule has 0 bridgehead atoms. The van der Waals surface area contributed by atoms with Gasteiger partial charge in [-0.2, -0.15) is 0 Å². The second-order valence-electron chi connectivity index (χ2n) is 7.00. The molecule has 2 fully saturated rings. The van der Waals surface area contributed by atoms with Crippen LogP contribution in [0.25, 0.3) is 0 Å². The Kier molecular flexibility index (Phi) is 7.13. The Morgan fingerprint density at radius 3 is 2.41 bits per heavy atom. The van der Waals surface area contributed by atoms with Crippen molar-refractivity contribution in [3.8, 4) is 0 Å². The van der Waals surface area contributed by atoms with E-state index in [2.05, 4.69) is 5.32 Å². The first kappa shape index (κ1) is 19.2. The van der Waals surface area contributed by atoms with Crippen LogP contribution in [0.1, 0.15) is 52.4 Å². The lowest BCUT2D eigenvalue weighted by molar-refractivity contribution is -0.131. The number of nitrogens with two attached hydrogens (primary N) is 1. The van der Waals surface area contributed by atoms with E-state index in [1.165, 1.54) is 0 Å². The molecule has 2 amide bonds. The van der Waals surface area contributed by atoms with Crippen molar-refractivity contribution in [1.29, 1.82) is 0 Å². The fourth-order valence-electron chi connectivity index (χ4n) is 3.61. The van der Waals surface area contributed by atoms with Gasteiger partial charge in [-0.25, -0.2) is 0 Å². The van der Waals surface area contributed by atoms with Crippen LogP contribution in [-0.4, -0.2) is 41.9 Å². The zero-order chi connectivity index (χ0) is 15.5. The first-order valence-corrected chi connectivity index (χ1v) is 8.22. The van der Waals surface area contributed by atoms with Crippen molar-refractivity contribution in [3.63, 3.8) is 0 Å². The van der Waals surface area contributed by atoms with Crippen molar-refractivity contribution in [2.75, 3.05) is 19.6 Å². The Bertz CT molecular complexity index is 393. The molecule has 2 rings (SSSR count). The molecule has 0 aromatic heterocycles. The molecule has 6 heteroatoms. The van der Waals surface area contributed by atoms with Gasteiger partial charge in [0.15, 0.2) is 0 Å². The molecule has 2 unspecified atom stereocenters. The van der Waals surface area contributed by atoms with Crippen molar-refractivity contribution in [1.82, 2.24) is 10.2 Å². The number of amides is 2. The van der Waals surface area contributed by atoms with Crippen LogP contribution in [0.15, 0.2) is 0 Å². The molecule has 3 N–H and O–H groups in total. The lowest BCUT2D eigenvalue weighted by atomic mass is 9.74. The summed E-state index contributed by atoms with van der Waals surface area (Å²) >= 11 is 0. The molecule has 0 radical (unpaired) electrons. The number of rotatable bonds is 3. The largest absolute Gasteiger partial charge is 0.356 e. The average molecular weight is 332 g/mol. The van der Waals surface area contributed by atoms with Gasteiger partial charge in [0.25, 0.3) is 0 Å². The third kappa shape index (κ3) is 4.85. The predicted molar refractivity (Wildman–Crippen MR) is 89.8 cm³/mol. The Balaban J connectivity index is 0.00000242. The first-order valence-electron chi connectivity index (χ1n) is 8.22. The van der Waals surface area contributed by atoms with Crippen LogP contribution in [-0.2, 0) is 9.59 Å². The fourth-order valence-corrected chi connectivity index (χ4v) is 3.61. The maximum Gasteiger partial charge on any atom is 0.224 e. The molecular weight excluding hydrogens is 302 g/mol. The van der Waals surface area contributed by atoms with E-state index in [0.29, 0.717) is 5.92 Å². The maximum atomic E-state index is 12.4. The summed E-state index contributed by atoms with van der Waals surface area (Å²) in [4.78, 5) is 25.6. The molecule has 1 saturated carbocycles. The number of hydrogen-bond donors (Lipinski definition) is 2. The molecule has 0 aromatic carbocycles. The molecule has 1 saturated heterocycles. The van der Waals surface area contributed by atoms with Gasteiger partial charge in [-0.1, -0.05) is 12.8 Å². The van der Waals surface area contributed by atoms with E-state index in [-0.39, 0.29) is 35.7 Å². The predicted octanol–water partition coefficient (Wildman–Crippen LogP) is 1.69. The molecule has 22 heavy (non-hydrogen) atoms. The van der Waals surface area contributed by atoms with Gasteiger partial charge in [0, 0.05) is 32.1 Å². The minimum atomic E-state index is -0.361. The van der Waals surface area contributed by atoms with Crippen molar-refractivity contribution in [3.05, 3.63) is 0 Å². The van der Waals surface area contributed by atoms with E-state index in [1.54, 1.807) is 6.92 Å². The molecular formula is C16H30ClN3O2. The molecule has 1 heterocycles. The monoisotopic (exact) mass is 331 g/mol. The molecule has 2 atom stereocenters. The third-order valence-corrected chi connectivity index (χ3v) is 5.20. The topological polar surface area (TPSA) is 75.4 Å². The lowest BCUT2D eigenvalue weighted by Gasteiger charge is -2.38. The van der Waals surface area contributed by atoms with Crippen LogP contribution >= 0.6 is 12.4 Å². The SMILES string of the molecule is CC(=O)N1CCC(CNC(=O)C2CCCCC2(C)N)CC1.Cl. The van der Waals surface area contributed by atoms with Crippen molar-refractivity contribution in [2.24, 2.45) is 17.6 Å². The minimum Gasteiger partial charge on any atom is -0.356 e. The number of halogens is 1. The van der Waals surface area contributed by atoms with E-state index < -0.39 is 0 Å². The summed E-state index contributed by atoms with van der Waals surface area (Å²) in [6.45, 7) is 5.97. The highest BCUT2D eigenvalue weighted by molar-refractivity contribution is 5.85. The summed E-state index contributed by atoms with van der Waals surface area (Å²) in [5.41, 5.74) is 5.92. The van der Waals surface area contributed by atoms with E-state index in [9.17, 15) is 9.59 Å². The van der Waals surface area contributed by atoms with Gasteiger partial charge < -0.3 is 16.0 Å². The van der Waals surface area contributed by atoms with Gasteiger partial charge in [0.05, 0.1) is 5.92 Å².